The molecule has 2 aliphatic heterocycles. The van der Waals surface area contributed by atoms with Gasteiger partial charge >= 0.3 is 0 Å². The minimum Gasteiger partial charge on any atom is -0.481 e. The van der Waals surface area contributed by atoms with Crippen LogP contribution in [0.5, 0.6) is 0 Å². The fourth-order valence-electron chi connectivity index (χ4n) is 1.96. The highest BCUT2D eigenvalue weighted by Crippen LogP contribution is 2.19. The maximum absolute atomic E-state index is 9.00. The van der Waals surface area contributed by atoms with Crippen molar-refractivity contribution in [3.05, 3.63) is 0 Å². The smallest absolute Gasteiger partial charge is 0.300 e. The van der Waals surface area contributed by atoms with Gasteiger partial charge in [0.05, 0.1) is 13.1 Å². The van der Waals surface area contributed by atoms with Crippen molar-refractivity contribution in [2.24, 2.45) is 20.2 Å². The maximum Gasteiger partial charge on any atom is 0.300 e. The Balaban J connectivity index is 0.000000541. The summed E-state index contributed by atoms with van der Waals surface area (Å²) < 4.78 is 0. The summed E-state index contributed by atoms with van der Waals surface area (Å²) in [7, 11) is 0. The van der Waals surface area contributed by atoms with Gasteiger partial charge in [0.1, 0.15) is 22.7 Å². The Morgan fingerprint density at radius 2 is 1.32 bits per heavy atom. The van der Waals surface area contributed by atoms with Gasteiger partial charge in [-0.3, -0.25) is 14.8 Å². The van der Waals surface area contributed by atoms with E-state index in [4.69, 9.17) is 9.90 Å². The molecule has 3 N–H and O–H groups in total. The zero-order valence-corrected chi connectivity index (χ0v) is 14.0. The lowest BCUT2D eigenvalue weighted by Gasteiger charge is -2.23. The lowest BCUT2D eigenvalue weighted by atomic mass is 10.0. The Morgan fingerprint density at radius 3 is 1.55 bits per heavy atom. The molecule has 22 heavy (non-hydrogen) atoms. The molecule has 0 unspecified atom stereocenters. The van der Waals surface area contributed by atoms with Crippen LogP contribution >= 0.6 is 0 Å². The lowest BCUT2D eigenvalue weighted by molar-refractivity contribution is -0.134. The van der Waals surface area contributed by atoms with Gasteiger partial charge in [0, 0.05) is 20.0 Å². The van der Waals surface area contributed by atoms with Crippen molar-refractivity contribution in [1.29, 1.82) is 0 Å². The van der Waals surface area contributed by atoms with E-state index in [1.165, 1.54) is 0 Å². The third-order valence-electron chi connectivity index (χ3n) is 3.06. The summed E-state index contributed by atoms with van der Waals surface area (Å²) in [6, 6.07) is 0. The summed E-state index contributed by atoms with van der Waals surface area (Å²) in [5.41, 5.74) is -0.792. The quantitative estimate of drug-likeness (QED) is 0.675. The number of amidine groups is 2. The molecule has 0 bridgehead atoms. The minimum absolute atomic E-state index is 0.396. The van der Waals surface area contributed by atoms with Crippen LogP contribution in [0, 0.1) is 0 Å². The van der Waals surface area contributed by atoms with E-state index < -0.39 is 17.0 Å². The Morgan fingerprint density at radius 1 is 1.00 bits per heavy atom. The number of nitrogens with one attached hydrogen (secondary N) is 2. The predicted molar refractivity (Wildman–Crippen MR) is 86.9 cm³/mol. The SMILES string of the molecule is CC(=O)O.CC(C)(N=NC(C)(C)C1=NCCN1)C1=NCCN1. The van der Waals surface area contributed by atoms with Crippen LogP contribution in [-0.4, -0.2) is 60.0 Å². The van der Waals surface area contributed by atoms with Crippen molar-refractivity contribution in [3.63, 3.8) is 0 Å². The zero-order valence-electron chi connectivity index (χ0n) is 14.0. The molecule has 8 heteroatoms. The highest BCUT2D eigenvalue weighted by Gasteiger charge is 2.31. The molecule has 0 saturated carbocycles. The molecule has 0 aromatic rings. The molecule has 0 atom stereocenters. The van der Waals surface area contributed by atoms with Crippen LogP contribution in [0.25, 0.3) is 0 Å². The van der Waals surface area contributed by atoms with Gasteiger partial charge in [0.25, 0.3) is 5.97 Å². The fraction of sp³-hybridized carbons (Fsp3) is 0.786. The van der Waals surface area contributed by atoms with Crippen LogP contribution in [-0.2, 0) is 4.79 Å². The number of carbonyl (C=O) groups is 1. The van der Waals surface area contributed by atoms with Gasteiger partial charge in [-0.1, -0.05) is 0 Å². The summed E-state index contributed by atoms with van der Waals surface area (Å²) in [6.45, 7) is 12.6. The van der Waals surface area contributed by atoms with E-state index in [1.54, 1.807) is 0 Å². The number of nitrogens with zero attached hydrogens (tertiary/aromatic N) is 4. The largest absolute Gasteiger partial charge is 0.481 e. The highest BCUT2D eigenvalue weighted by molar-refractivity contribution is 5.93. The lowest BCUT2D eigenvalue weighted by Crippen LogP contribution is -2.41. The van der Waals surface area contributed by atoms with Gasteiger partial charge in [0.15, 0.2) is 0 Å². The standard InChI is InChI=1S/C12H22N6.C2H4O2/c1-11(2,9-13-5-6-14-9)17-18-12(3,4)10-15-7-8-16-10;1-2(3)4/h5-8H2,1-4H3,(H,13,14)(H,15,16);1H3,(H,3,4). The van der Waals surface area contributed by atoms with Crippen LogP contribution in [0.1, 0.15) is 34.6 Å². The molecule has 2 heterocycles. The summed E-state index contributed by atoms with van der Waals surface area (Å²) in [6.07, 6.45) is 0. The summed E-state index contributed by atoms with van der Waals surface area (Å²) >= 11 is 0. The predicted octanol–water partition coefficient (Wildman–Crippen LogP) is 1.09. The Bertz CT molecular complexity index is 452. The van der Waals surface area contributed by atoms with Gasteiger partial charge in [0.2, 0.25) is 0 Å². The normalized spacial score (nSPS) is 18.0. The van der Waals surface area contributed by atoms with Crippen molar-refractivity contribution in [3.8, 4) is 0 Å². The first-order valence-corrected chi connectivity index (χ1v) is 7.36. The average Bonchev–Trinajstić information content (AvgIpc) is 3.09. The molecule has 0 fully saturated rings. The van der Waals surface area contributed by atoms with Crippen molar-refractivity contribution >= 4 is 17.6 Å². The van der Waals surface area contributed by atoms with Crippen molar-refractivity contribution in [1.82, 2.24) is 10.6 Å². The molecule has 0 radical (unpaired) electrons. The number of carboxylic acids is 1. The maximum atomic E-state index is 9.00. The van der Waals surface area contributed by atoms with Gasteiger partial charge in [-0.15, -0.1) is 0 Å². The summed E-state index contributed by atoms with van der Waals surface area (Å²) in [4.78, 5) is 17.8. The van der Waals surface area contributed by atoms with Gasteiger partial charge in [-0.05, 0) is 27.7 Å². The number of azo groups is 1. The summed E-state index contributed by atoms with van der Waals surface area (Å²) in [5, 5.41) is 22.9. The Kier molecular flexibility index (Phi) is 6.01. The average molecular weight is 310 g/mol. The molecule has 2 rings (SSSR count). The molecule has 0 aliphatic carbocycles. The van der Waals surface area contributed by atoms with Crippen LogP contribution in [0.3, 0.4) is 0 Å². The molecular formula is C14H26N6O2. The molecule has 0 amide bonds. The second-order valence-electron chi connectivity index (χ2n) is 6.15. The van der Waals surface area contributed by atoms with E-state index in [-0.39, 0.29) is 0 Å². The third kappa shape index (κ3) is 5.42. The van der Waals surface area contributed by atoms with Crippen molar-refractivity contribution in [2.45, 2.75) is 45.7 Å². The number of carboxylic acid groups (broad SMARTS) is 1. The van der Waals surface area contributed by atoms with E-state index in [0.29, 0.717) is 0 Å². The monoisotopic (exact) mass is 310 g/mol. The topological polar surface area (TPSA) is 111 Å². The van der Waals surface area contributed by atoms with Crippen molar-refractivity contribution in [2.75, 3.05) is 26.2 Å². The Labute approximate surface area is 131 Å². The number of rotatable bonds is 4. The first-order valence-electron chi connectivity index (χ1n) is 7.36. The molecule has 124 valence electrons. The van der Waals surface area contributed by atoms with Crippen LogP contribution < -0.4 is 10.6 Å². The van der Waals surface area contributed by atoms with Gasteiger partial charge in [-0.25, -0.2) is 0 Å². The van der Waals surface area contributed by atoms with E-state index in [0.717, 1.165) is 44.8 Å². The van der Waals surface area contributed by atoms with Crippen LogP contribution in [0.4, 0.5) is 0 Å². The molecule has 8 nitrogen and oxygen atoms in total. The second kappa shape index (κ2) is 7.33. The van der Waals surface area contributed by atoms with Crippen LogP contribution in [0.2, 0.25) is 0 Å². The first-order chi connectivity index (χ1) is 10.1. The number of hydrogen-bond acceptors (Lipinski definition) is 7. The van der Waals surface area contributed by atoms with Gasteiger partial charge < -0.3 is 15.7 Å². The number of aliphatic imine (C=N–C) groups is 2. The number of aliphatic carboxylic acids is 1. The van der Waals surface area contributed by atoms with Crippen molar-refractivity contribution < 1.29 is 9.90 Å². The van der Waals surface area contributed by atoms with E-state index >= 15 is 0 Å². The fourth-order valence-corrected chi connectivity index (χ4v) is 1.96. The van der Waals surface area contributed by atoms with E-state index in [9.17, 15) is 0 Å². The molecular weight excluding hydrogens is 284 g/mol. The molecule has 0 saturated heterocycles. The second-order valence-corrected chi connectivity index (χ2v) is 6.15. The molecule has 0 aromatic heterocycles. The number of hydrogen-bond donors (Lipinski definition) is 3. The highest BCUT2D eigenvalue weighted by atomic mass is 16.4. The van der Waals surface area contributed by atoms with Gasteiger partial charge in [-0.2, -0.15) is 10.2 Å². The summed E-state index contributed by atoms with van der Waals surface area (Å²) in [5.74, 6) is 1.01. The first kappa shape index (κ1) is 18.1. The Hall–Kier alpha value is -1.99. The van der Waals surface area contributed by atoms with Crippen LogP contribution in [0.15, 0.2) is 20.2 Å². The zero-order chi connectivity index (χ0) is 16.8. The molecule has 0 aromatic carbocycles. The minimum atomic E-state index is -0.833. The molecule has 2 aliphatic rings. The third-order valence-corrected chi connectivity index (χ3v) is 3.06. The van der Waals surface area contributed by atoms with E-state index in [2.05, 4.69) is 30.8 Å². The van der Waals surface area contributed by atoms with E-state index in [1.807, 2.05) is 27.7 Å². The molecule has 0 spiro atoms.